The SMILES string of the molecule is CCC1CCC(N(C2CCC(C)CC2)C2C3CCC(C(C)(C)C)CC3C(N(C3CCC(C)CC3)C3CCC(CC)CC3)C3CCC(C(C)(C)C)CC32)CC1. The van der Waals surface area contributed by atoms with Crippen LogP contribution in [-0.4, -0.2) is 46.1 Å². The maximum Gasteiger partial charge on any atom is 0.0164 e. The second kappa shape index (κ2) is 17.6. The van der Waals surface area contributed by atoms with Crippen LogP contribution in [0.5, 0.6) is 0 Å². The third kappa shape index (κ3) is 9.06. The average Bonchev–Trinajstić information content (AvgIpc) is 3.16. The van der Waals surface area contributed by atoms with E-state index in [4.69, 9.17) is 0 Å². The first kappa shape index (κ1) is 42.1. The largest absolute Gasteiger partial charge is 0.294 e. The Balaban J connectivity index is 1.34. The molecule has 0 spiro atoms. The Bertz CT molecular complexity index is 1040. The van der Waals surface area contributed by atoms with Crippen molar-refractivity contribution in [2.45, 2.75) is 260 Å². The Labute approximate surface area is 338 Å². The van der Waals surface area contributed by atoms with Gasteiger partial charge in [-0.1, -0.05) is 82.1 Å². The van der Waals surface area contributed by atoms with E-state index in [-0.39, 0.29) is 0 Å². The van der Waals surface area contributed by atoms with Gasteiger partial charge in [-0.05, 0) is 211 Å². The number of fused-ring (bicyclic) bond motifs is 2. The fourth-order valence-corrected chi connectivity index (χ4v) is 15.5. The number of rotatable bonds is 8. The Hall–Kier alpha value is -0.0800. The normalized spacial score (nSPS) is 45.6. The lowest BCUT2D eigenvalue weighted by atomic mass is 9.49. The minimum Gasteiger partial charge on any atom is -0.294 e. The van der Waals surface area contributed by atoms with Crippen molar-refractivity contribution in [1.82, 2.24) is 9.80 Å². The summed E-state index contributed by atoms with van der Waals surface area (Å²) in [7, 11) is 0. The first-order valence-corrected chi connectivity index (χ1v) is 25.3. The van der Waals surface area contributed by atoms with Crippen molar-refractivity contribution in [2.24, 2.45) is 70.0 Å². The molecule has 7 aliphatic carbocycles. The van der Waals surface area contributed by atoms with Crippen LogP contribution < -0.4 is 0 Å². The van der Waals surface area contributed by atoms with E-state index in [9.17, 15) is 0 Å². The topological polar surface area (TPSA) is 6.48 Å². The molecule has 2 nitrogen and oxygen atoms in total. The highest BCUT2D eigenvalue weighted by Crippen LogP contribution is 2.60. The van der Waals surface area contributed by atoms with E-state index in [0.29, 0.717) is 10.8 Å². The first-order chi connectivity index (χ1) is 25.8. The van der Waals surface area contributed by atoms with Crippen molar-refractivity contribution in [1.29, 1.82) is 0 Å². The Kier molecular flexibility index (Phi) is 13.7. The van der Waals surface area contributed by atoms with E-state index in [1.807, 2.05) is 0 Å². The van der Waals surface area contributed by atoms with Gasteiger partial charge in [0.15, 0.2) is 0 Å². The number of hydrogen-bond donors (Lipinski definition) is 0. The molecule has 54 heavy (non-hydrogen) atoms. The minimum absolute atomic E-state index is 0.424. The lowest BCUT2D eigenvalue weighted by Crippen LogP contribution is -2.70. The maximum absolute atomic E-state index is 3.49. The molecule has 8 unspecified atom stereocenters. The van der Waals surface area contributed by atoms with Gasteiger partial charge in [0.1, 0.15) is 0 Å². The van der Waals surface area contributed by atoms with E-state index in [1.54, 1.807) is 0 Å². The zero-order valence-corrected chi connectivity index (χ0v) is 38.1. The van der Waals surface area contributed by atoms with Crippen molar-refractivity contribution in [3.8, 4) is 0 Å². The molecule has 0 saturated heterocycles. The van der Waals surface area contributed by atoms with Crippen LogP contribution in [0.1, 0.15) is 223 Å². The Morgan fingerprint density at radius 3 is 0.944 bits per heavy atom. The van der Waals surface area contributed by atoms with Crippen LogP contribution in [0.15, 0.2) is 0 Å². The van der Waals surface area contributed by atoms with Crippen LogP contribution in [0.25, 0.3) is 0 Å². The molecule has 0 aromatic heterocycles. The monoisotopic (exact) mass is 747 g/mol. The van der Waals surface area contributed by atoms with Gasteiger partial charge in [0.2, 0.25) is 0 Å². The molecule has 8 atom stereocenters. The Morgan fingerprint density at radius 2 is 0.667 bits per heavy atom. The van der Waals surface area contributed by atoms with Crippen LogP contribution in [0, 0.1) is 70.0 Å². The molecule has 0 N–H and O–H groups in total. The van der Waals surface area contributed by atoms with Gasteiger partial charge in [0, 0.05) is 36.3 Å². The summed E-state index contributed by atoms with van der Waals surface area (Å²) in [6.45, 7) is 25.9. The summed E-state index contributed by atoms with van der Waals surface area (Å²) < 4.78 is 0. The Morgan fingerprint density at radius 1 is 0.370 bits per heavy atom. The van der Waals surface area contributed by atoms with E-state index in [1.165, 1.54) is 154 Å². The van der Waals surface area contributed by atoms with Gasteiger partial charge in [-0.2, -0.15) is 0 Å². The summed E-state index contributed by atoms with van der Waals surface area (Å²) in [5.41, 5.74) is 0.849. The molecule has 7 aliphatic rings. The van der Waals surface area contributed by atoms with Gasteiger partial charge in [-0.3, -0.25) is 9.80 Å². The smallest absolute Gasteiger partial charge is 0.0164 e. The molecule has 7 saturated carbocycles. The van der Waals surface area contributed by atoms with Crippen molar-refractivity contribution in [2.75, 3.05) is 0 Å². The highest BCUT2D eigenvalue weighted by atomic mass is 15.3. The summed E-state index contributed by atoms with van der Waals surface area (Å²) in [5.74, 6) is 9.25. The van der Waals surface area contributed by atoms with Crippen LogP contribution in [-0.2, 0) is 0 Å². The summed E-state index contributed by atoms with van der Waals surface area (Å²) in [4.78, 5) is 6.98. The maximum atomic E-state index is 3.49. The average molecular weight is 747 g/mol. The molecule has 0 heterocycles. The van der Waals surface area contributed by atoms with Gasteiger partial charge < -0.3 is 0 Å². The first-order valence-electron chi connectivity index (χ1n) is 25.3. The van der Waals surface area contributed by atoms with Gasteiger partial charge in [0.05, 0.1) is 0 Å². The molecule has 0 amide bonds. The quantitative estimate of drug-likeness (QED) is 0.244. The lowest BCUT2D eigenvalue weighted by molar-refractivity contribution is -0.166. The molecule has 0 aromatic rings. The molecule has 2 heteroatoms. The fraction of sp³-hybridized carbons (Fsp3) is 1.00. The highest BCUT2D eigenvalue weighted by molar-refractivity contribution is 5.12. The summed E-state index contributed by atoms with van der Waals surface area (Å²) >= 11 is 0. The molecule has 312 valence electrons. The predicted octanol–water partition coefficient (Wildman–Crippen LogP) is 14.6. The van der Waals surface area contributed by atoms with E-state index >= 15 is 0 Å². The number of hydrogen-bond acceptors (Lipinski definition) is 2. The second-order valence-corrected chi connectivity index (χ2v) is 24.3. The third-order valence-electron chi connectivity index (χ3n) is 19.2. The molecule has 7 fully saturated rings. The fourth-order valence-electron chi connectivity index (χ4n) is 15.5. The zero-order valence-electron chi connectivity index (χ0n) is 38.1. The van der Waals surface area contributed by atoms with E-state index < -0.39 is 0 Å². The molecular formula is C52H94N2. The summed E-state index contributed by atoms with van der Waals surface area (Å²) in [6.07, 6.45) is 35.8. The van der Waals surface area contributed by atoms with E-state index in [2.05, 4.69) is 79.0 Å². The van der Waals surface area contributed by atoms with Crippen molar-refractivity contribution < 1.29 is 0 Å². The van der Waals surface area contributed by atoms with Crippen LogP contribution >= 0.6 is 0 Å². The zero-order chi connectivity index (χ0) is 38.4. The molecule has 0 aliphatic heterocycles. The lowest BCUT2D eigenvalue weighted by Gasteiger charge is -2.66. The van der Waals surface area contributed by atoms with Crippen molar-refractivity contribution in [3.63, 3.8) is 0 Å². The minimum atomic E-state index is 0.424. The second-order valence-electron chi connectivity index (χ2n) is 24.3. The van der Waals surface area contributed by atoms with E-state index in [0.717, 1.165) is 95.4 Å². The summed E-state index contributed by atoms with van der Waals surface area (Å²) in [6, 6.07) is 5.08. The van der Waals surface area contributed by atoms with Gasteiger partial charge in [0.25, 0.3) is 0 Å². The number of nitrogens with zero attached hydrogens (tertiary/aromatic N) is 2. The predicted molar refractivity (Wildman–Crippen MR) is 234 cm³/mol. The van der Waals surface area contributed by atoms with Crippen molar-refractivity contribution in [3.05, 3.63) is 0 Å². The van der Waals surface area contributed by atoms with Crippen LogP contribution in [0.4, 0.5) is 0 Å². The van der Waals surface area contributed by atoms with Gasteiger partial charge >= 0.3 is 0 Å². The molecule has 0 aromatic carbocycles. The van der Waals surface area contributed by atoms with Crippen LogP contribution in [0.3, 0.4) is 0 Å². The standard InChI is InChI=1S/C52H94N2/c1-11-37-17-27-43(28-18-37)53(41-23-13-35(3)14-24-41)49-45-31-21-40(52(8,9)10)34-48(45)50(46-32-22-39(33-47(46)49)51(5,6)7)54(42-25-15-36(4)16-26-42)44-29-19-38(12-2)20-30-44/h35-50H,11-34H2,1-10H3. The highest BCUT2D eigenvalue weighted by Gasteiger charge is 2.60. The van der Waals surface area contributed by atoms with Crippen molar-refractivity contribution >= 4 is 0 Å². The molecule has 7 rings (SSSR count). The van der Waals surface area contributed by atoms with Gasteiger partial charge in [-0.15, -0.1) is 0 Å². The van der Waals surface area contributed by atoms with Gasteiger partial charge in [-0.25, -0.2) is 0 Å². The molecule has 0 bridgehead atoms. The van der Waals surface area contributed by atoms with Crippen LogP contribution in [0.2, 0.25) is 0 Å². The summed E-state index contributed by atoms with van der Waals surface area (Å²) in [5, 5.41) is 0. The third-order valence-corrected chi connectivity index (χ3v) is 19.2. The molecule has 0 radical (unpaired) electrons. The molecular weight excluding hydrogens is 653 g/mol.